The van der Waals surface area contributed by atoms with Gasteiger partial charge in [-0.25, -0.2) is 0 Å². The predicted octanol–water partition coefficient (Wildman–Crippen LogP) is 2.04. The molecule has 0 aromatic rings. The number of ether oxygens (including phenoxy) is 2. The van der Waals surface area contributed by atoms with Crippen LogP contribution in [0.5, 0.6) is 0 Å². The fourth-order valence-corrected chi connectivity index (χ4v) is 0.757. The van der Waals surface area contributed by atoms with Crippen molar-refractivity contribution in [1.82, 2.24) is 0 Å². The summed E-state index contributed by atoms with van der Waals surface area (Å²) >= 11 is 0. The van der Waals surface area contributed by atoms with Gasteiger partial charge in [0, 0.05) is 26.9 Å². The zero-order valence-electron chi connectivity index (χ0n) is 7.47. The second kappa shape index (κ2) is 9.92. The zero-order chi connectivity index (χ0) is 8.36. The minimum Gasteiger partial charge on any atom is -0.385 e. The molecular formula is C9H19O2. The van der Waals surface area contributed by atoms with Gasteiger partial charge in [0.15, 0.2) is 0 Å². The maximum atomic E-state index is 5.33. The first-order valence-corrected chi connectivity index (χ1v) is 4.27. The zero-order valence-corrected chi connectivity index (χ0v) is 7.47. The van der Waals surface area contributed by atoms with Crippen LogP contribution in [0.4, 0.5) is 0 Å². The second-order valence-electron chi connectivity index (χ2n) is 2.52. The molecule has 0 atom stereocenters. The van der Waals surface area contributed by atoms with Crippen LogP contribution in [-0.4, -0.2) is 26.9 Å². The largest absolute Gasteiger partial charge is 0.385 e. The highest BCUT2D eigenvalue weighted by Gasteiger charge is 1.88. The molecule has 0 saturated heterocycles. The molecule has 0 spiro atoms. The molecule has 2 heteroatoms. The molecule has 0 aliphatic heterocycles. The Morgan fingerprint density at radius 1 is 1.00 bits per heavy atom. The maximum Gasteiger partial charge on any atom is 0.0466 e. The molecule has 11 heavy (non-hydrogen) atoms. The summed E-state index contributed by atoms with van der Waals surface area (Å²) in [6, 6.07) is 0. The summed E-state index contributed by atoms with van der Waals surface area (Å²) in [5, 5.41) is 0. The van der Waals surface area contributed by atoms with E-state index in [1.807, 2.05) is 0 Å². The van der Waals surface area contributed by atoms with E-state index in [9.17, 15) is 0 Å². The number of unbranched alkanes of at least 4 members (excludes halogenated alkanes) is 2. The lowest BCUT2D eigenvalue weighted by Crippen LogP contribution is -1.98. The van der Waals surface area contributed by atoms with Crippen molar-refractivity contribution in [1.29, 1.82) is 0 Å². The Labute approximate surface area is 69.9 Å². The SMILES string of the molecule is [CH2]CCCOCCCCOC. The average Bonchev–Trinajstić information content (AvgIpc) is 2.03. The molecule has 2 nitrogen and oxygen atoms in total. The summed E-state index contributed by atoms with van der Waals surface area (Å²) in [6.45, 7) is 6.30. The molecule has 0 aliphatic rings. The third-order valence-electron chi connectivity index (χ3n) is 1.43. The number of methoxy groups -OCH3 is 1. The van der Waals surface area contributed by atoms with E-state index in [1.165, 1.54) is 0 Å². The van der Waals surface area contributed by atoms with Crippen LogP contribution in [0.2, 0.25) is 0 Å². The van der Waals surface area contributed by atoms with E-state index in [0.717, 1.165) is 45.5 Å². The van der Waals surface area contributed by atoms with Crippen molar-refractivity contribution in [2.45, 2.75) is 25.7 Å². The summed E-state index contributed by atoms with van der Waals surface area (Å²) in [7, 11) is 1.73. The third kappa shape index (κ3) is 9.92. The summed E-state index contributed by atoms with van der Waals surface area (Å²) in [6.07, 6.45) is 4.24. The molecule has 0 fully saturated rings. The van der Waals surface area contributed by atoms with Crippen molar-refractivity contribution >= 4 is 0 Å². The number of hydrogen-bond acceptors (Lipinski definition) is 2. The van der Waals surface area contributed by atoms with E-state index in [1.54, 1.807) is 7.11 Å². The van der Waals surface area contributed by atoms with Gasteiger partial charge in [0.25, 0.3) is 0 Å². The fourth-order valence-electron chi connectivity index (χ4n) is 0.757. The smallest absolute Gasteiger partial charge is 0.0466 e. The third-order valence-corrected chi connectivity index (χ3v) is 1.43. The van der Waals surface area contributed by atoms with Crippen molar-refractivity contribution in [2.24, 2.45) is 0 Å². The molecule has 0 bridgehead atoms. The molecule has 67 valence electrons. The standard InChI is InChI=1S/C9H19O2/c1-3-4-8-11-9-6-5-7-10-2/h1,3-9H2,2H3. The molecule has 0 unspecified atom stereocenters. The van der Waals surface area contributed by atoms with Crippen LogP contribution in [0, 0.1) is 6.92 Å². The molecule has 0 heterocycles. The summed E-state index contributed by atoms with van der Waals surface area (Å²) in [4.78, 5) is 0. The molecule has 0 rings (SSSR count). The van der Waals surface area contributed by atoms with Gasteiger partial charge in [-0.2, -0.15) is 0 Å². The Morgan fingerprint density at radius 2 is 1.64 bits per heavy atom. The van der Waals surface area contributed by atoms with Crippen molar-refractivity contribution in [3.63, 3.8) is 0 Å². The molecule has 0 amide bonds. The Morgan fingerprint density at radius 3 is 2.27 bits per heavy atom. The first-order chi connectivity index (χ1) is 5.41. The van der Waals surface area contributed by atoms with Crippen LogP contribution >= 0.6 is 0 Å². The molecule has 0 N–H and O–H groups in total. The topological polar surface area (TPSA) is 18.5 Å². The lowest BCUT2D eigenvalue weighted by molar-refractivity contribution is 0.117. The normalized spacial score (nSPS) is 10.4. The van der Waals surface area contributed by atoms with Gasteiger partial charge in [-0.1, -0.05) is 13.3 Å². The molecule has 0 aliphatic carbocycles. The van der Waals surface area contributed by atoms with Gasteiger partial charge >= 0.3 is 0 Å². The Kier molecular flexibility index (Phi) is 9.85. The van der Waals surface area contributed by atoms with Crippen LogP contribution in [0.3, 0.4) is 0 Å². The molecule has 0 aromatic carbocycles. The first kappa shape index (κ1) is 10.9. The molecular weight excluding hydrogens is 140 g/mol. The van der Waals surface area contributed by atoms with Gasteiger partial charge in [-0.15, -0.1) is 0 Å². The summed E-state index contributed by atoms with van der Waals surface area (Å²) in [5.74, 6) is 0. The Hall–Kier alpha value is -0.0800. The lowest BCUT2D eigenvalue weighted by atomic mass is 10.3. The minimum atomic E-state index is 0.846. The van der Waals surface area contributed by atoms with E-state index >= 15 is 0 Å². The lowest BCUT2D eigenvalue weighted by Gasteiger charge is -2.01. The van der Waals surface area contributed by atoms with Gasteiger partial charge in [0.2, 0.25) is 0 Å². The van der Waals surface area contributed by atoms with E-state index in [-0.39, 0.29) is 0 Å². The molecule has 1 radical (unpaired) electrons. The van der Waals surface area contributed by atoms with Crippen molar-refractivity contribution in [3.8, 4) is 0 Å². The minimum absolute atomic E-state index is 0.846. The van der Waals surface area contributed by atoms with Crippen molar-refractivity contribution in [2.75, 3.05) is 26.9 Å². The second-order valence-corrected chi connectivity index (χ2v) is 2.52. The highest BCUT2D eigenvalue weighted by molar-refractivity contribution is 4.41. The number of hydrogen-bond donors (Lipinski definition) is 0. The van der Waals surface area contributed by atoms with Gasteiger partial charge in [-0.3, -0.25) is 0 Å². The van der Waals surface area contributed by atoms with Gasteiger partial charge in [-0.05, 0) is 19.3 Å². The van der Waals surface area contributed by atoms with Crippen LogP contribution in [0.1, 0.15) is 25.7 Å². The van der Waals surface area contributed by atoms with Crippen molar-refractivity contribution in [3.05, 3.63) is 6.92 Å². The quantitative estimate of drug-likeness (QED) is 0.505. The van der Waals surface area contributed by atoms with E-state index in [4.69, 9.17) is 9.47 Å². The first-order valence-electron chi connectivity index (χ1n) is 4.27. The summed E-state index contributed by atoms with van der Waals surface area (Å²) < 4.78 is 10.2. The van der Waals surface area contributed by atoms with Crippen LogP contribution < -0.4 is 0 Å². The number of rotatable bonds is 8. The maximum absolute atomic E-state index is 5.33. The van der Waals surface area contributed by atoms with Gasteiger partial charge in [0.1, 0.15) is 0 Å². The van der Waals surface area contributed by atoms with Gasteiger partial charge in [0.05, 0.1) is 0 Å². The van der Waals surface area contributed by atoms with Gasteiger partial charge < -0.3 is 9.47 Å². The van der Waals surface area contributed by atoms with E-state index < -0.39 is 0 Å². The monoisotopic (exact) mass is 159 g/mol. The highest BCUT2D eigenvalue weighted by atomic mass is 16.5. The molecule has 0 aromatic heterocycles. The Bertz CT molecular complexity index is 56.6. The van der Waals surface area contributed by atoms with Crippen LogP contribution in [0.15, 0.2) is 0 Å². The Balaban J connectivity index is 2.69. The summed E-state index contributed by atoms with van der Waals surface area (Å²) in [5.41, 5.74) is 0. The highest BCUT2D eigenvalue weighted by Crippen LogP contribution is 1.92. The van der Waals surface area contributed by atoms with Crippen molar-refractivity contribution < 1.29 is 9.47 Å². The average molecular weight is 159 g/mol. The van der Waals surface area contributed by atoms with Crippen LogP contribution in [0.25, 0.3) is 0 Å². The predicted molar refractivity (Wildman–Crippen MR) is 46.5 cm³/mol. The van der Waals surface area contributed by atoms with E-state index in [0.29, 0.717) is 0 Å². The van der Waals surface area contributed by atoms with E-state index in [2.05, 4.69) is 6.92 Å². The fraction of sp³-hybridized carbons (Fsp3) is 0.889. The molecule has 0 saturated carbocycles. The van der Waals surface area contributed by atoms with Crippen LogP contribution in [-0.2, 0) is 9.47 Å².